The van der Waals surface area contributed by atoms with Gasteiger partial charge in [0.1, 0.15) is 6.61 Å². The van der Waals surface area contributed by atoms with Gasteiger partial charge in [0.25, 0.3) is 0 Å². The van der Waals surface area contributed by atoms with Gasteiger partial charge >= 0.3 is 6.09 Å². The number of likely N-dealkylation sites (N-methyl/N-ethyl adjacent to an activating group) is 1. The van der Waals surface area contributed by atoms with Crippen molar-refractivity contribution >= 4 is 12.0 Å². The van der Waals surface area contributed by atoms with Crippen LogP contribution in [0, 0.1) is 5.92 Å². The molecule has 27 heavy (non-hydrogen) atoms. The summed E-state index contributed by atoms with van der Waals surface area (Å²) in [4.78, 5) is 26.9. The number of carbonyl (C=O) groups is 2. The fourth-order valence-corrected chi connectivity index (χ4v) is 3.60. The van der Waals surface area contributed by atoms with E-state index < -0.39 is 12.1 Å². The van der Waals surface area contributed by atoms with E-state index in [2.05, 4.69) is 5.32 Å². The van der Waals surface area contributed by atoms with E-state index in [1.54, 1.807) is 0 Å². The number of ether oxygens (including phenoxy) is 1. The maximum atomic E-state index is 12.8. The standard InChI is InChI=1S/C21H33N3O3/c1-4-24(20(25)19(22)15(2)3)18-13-9-8-12-17(18)23-21(26)27-14-16-10-6-5-7-11-16/h5-7,10-11,15,17-19H,4,8-9,12-14,22H2,1-3H3,(H,23,26)/t17-,18-,19+/m1/s1. The number of amides is 2. The fourth-order valence-electron chi connectivity index (χ4n) is 3.60. The number of nitrogens with two attached hydrogens (primary N) is 1. The first-order valence-electron chi connectivity index (χ1n) is 9.97. The second kappa shape index (κ2) is 10.3. The van der Waals surface area contributed by atoms with Gasteiger partial charge in [-0.2, -0.15) is 0 Å². The molecule has 1 saturated carbocycles. The summed E-state index contributed by atoms with van der Waals surface area (Å²) in [6, 6.07) is 8.93. The van der Waals surface area contributed by atoms with E-state index in [-0.39, 0.29) is 30.5 Å². The van der Waals surface area contributed by atoms with Crippen LogP contribution in [0.3, 0.4) is 0 Å². The van der Waals surface area contributed by atoms with Crippen LogP contribution in [0.1, 0.15) is 52.0 Å². The van der Waals surface area contributed by atoms with Crippen molar-refractivity contribution in [3.63, 3.8) is 0 Å². The van der Waals surface area contributed by atoms with Crippen molar-refractivity contribution < 1.29 is 14.3 Å². The highest BCUT2D eigenvalue weighted by Crippen LogP contribution is 2.24. The van der Waals surface area contributed by atoms with Gasteiger partial charge in [-0.25, -0.2) is 4.79 Å². The van der Waals surface area contributed by atoms with Crippen LogP contribution in [-0.2, 0) is 16.1 Å². The number of rotatable bonds is 7. The molecule has 0 radical (unpaired) electrons. The van der Waals surface area contributed by atoms with Crippen molar-refractivity contribution in [2.45, 2.75) is 71.2 Å². The Bertz CT molecular complexity index is 606. The molecule has 2 amide bonds. The van der Waals surface area contributed by atoms with Crippen LogP contribution in [-0.4, -0.2) is 41.6 Å². The van der Waals surface area contributed by atoms with Crippen LogP contribution in [0.4, 0.5) is 4.79 Å². The minimum Gasteiger partial charge on any atom is -0.445 e. The van der Waals surface area contributed by atoms with Crippen molar-refractivity contribution in [1.29, 1.82) is 0 Å². The van der Waals surface area contributed by atoms with Crippen LogP contribution in [0.25, 0.3) is 0 Å². The Morgan fingerprint density at radius 1 is 1.22 bits per heavy atom. The van der Waals surface area contributed by atoms with Crippen molar-refractivity contribution in [1.82, 2.24) is 10.2 Å². The van der Waals surface area contributed by atoms with Gasteiger partial charge < -0.3 is 20.7 Å². The molecule has 0 spiro atoms. The van der Waals surface area contributed by atoms with E-state index in [1.807, 2.05) is 56.0 Å². The summed E-state index contributed by atoms with van der Waals surface area (Å²) in [5.74, 6) is 0.0428. The fraction of sp³-hybridized carbons (Fsp3) is 0.619. The lowest BCUT2D eigenvalue weighted by Crippen LogP contribution is -2.58. The molecule has 0 unspecified atom stereocenters. The molecular formula is C21H33N3O3. The third-order valence-electron chi connectivity index (χ3n) is 5.27. The molecule has 0 heterocycles. The molecule has 1 fully saturated rings. The smallest absolute Gasteiger partial charge is 0.407 e. The van der Waals surface area contributed by atoms with Crippen LogP contribution in [0.5, 0.6) is 0 Å². The predicted molar refractivity (Wildman–Crippen MR) is 106 cm³/mol. The van der Waals surface area contributed by atoms with E-state index in [4.69, 9.17) is 10.5 Å². The second-order valence-electron chi connectivity index (χ2n) is 7.56. The summed E-state index contributed by atoms with van der Waals surface area (Å²) >= 11 is 0. The molecular weight excluding hydrogens is 342 g/mol. The Hall–Kier alpha value is -2.08. The van der Waals surface area contributed by atoms with Gasteiger partial charge in [-0.3, -0.25) is 4.79 Å². The van der Waals surface area contributed by atoms with E-state index in [9.17, 15) is 9.59 Å². The number of hydrogen-bond donors (Lipinski definition) is 2. The van der Waals surface area contributed by atoms with Gasteiger partial charge in [0.05, 0.1) is 18.1 Å². The lowest BCUT2D eigenvalue weighted by molar-refractivity contribution is -0.137. The Morgan fingerprint density at radius 3 is 2.52 bits per heavy atom. The van der Waals surface area contributed by atoms with Crippen LogP contribution in [0.2, 0.25) is 0 Å². The molecule has 1 aliphatic rings. The van der Waals surface area contributed by atoms with Crippen molar-refractivity contribution in [3.05, 3.63) is 35.9 Å². The SMILES string of the molecule is CCN(C(=O)[C@@H](N)C(C)C)[C@@H]1CCCC[C@H]1NC(=O)OCc1ccccc1. The van der Waals surface area contributed by atoms with Gasteiger partial charge in [-0.05, 0) is 31.2 Å². The molecule has 0 bridgehead atoms. The minimum absolute atomic E-state index is 0.0367. The van der Waals surface area contributed by atoms with Gasteiger partial charge in [-0.1, -0.05) is 57.0 Å². The van der Waals surface area contributed by atoms with Gasteiger partial charge in [-0.15, -0.1) is 0 Å². The molecule has 2 rings (SSSR count). The number of carbonyl (C=O) groups excluding carboxylic acids is 2. The Labute approximate surface area is 162 Å². The minimum atomic E-state index is -0.516. The average Bonchev–Trinajstić information content (AvgIpc) is 2.68. The molecule has 0 saturated heterocycles. The lowest BCUT2D eigenvalue weighted by atomic mass is 9.88. The van der Waals surface area contributed by atoms with Crippen LogP contribution >= 0.6 is 0 Å². The zero-order chi connectivity index (χ0) is 19.8. The van der Waals surface area contributed by atoms with Crippen molar-refractivity contribution in [2.24, 2.45) is 11.7 Å². The summed E-state index contributed by atoms with van der Waals surface area (Å²) in [5.41, 5.74) is 7.04. The molecule has 6 nitrogen and oxygen atoms in total. The Balaban J connectivity index is 1.98. The Morgan fingerprint density at radius 2 is 1.89 bits per heavy atom. The third-order valence-corrected chi connectivity index (χ3v) is 5.27. The highest BCUT2D eigenvalue weighted by molar-refractivity contribution is 5.82. The molecule has 0 aliphatic heterocycles. The normalized spacial score (nSPS) is 20.8. The molecule has 150 valence electrons. The first-order chi connectivity index (χ1) is 12.9. The molecule has 6 heteroatoms. The van der Waals surface area contributed by atoms with Crippen LogP contribution in [0.15, 0.2) is 30.3 Å². The molecule has 1 aromatic carbocycles. The van der Waals surface area contributed by atoms with E-state index in [0.717, 1.165) is 31.2 Å². The topological polar surface area (TPSA) is 84.7 Å². The number of benzene rings is 1. The summed E-state index contributed by atoms with van der Waals surface area (Å²) in [6.07, 6.45) is 3.34. The number of alkyl carbamates (subject to hydrolysis) is 1. The highest BCUT2D eigenvalue weighted by Gasteiger charge is 2.35. The van der Waals surface area contributed by atoms with Crippen LogP contribution < -0.4 is 11.1 Å². The zero-order valence-electron chi connectivity index (χ0n) is 16.7. The third kappa shape index (κ3) is 5.96. The van der Waals surface area contributed by atoms with Gasteiger partial charge in [0.2, 0.25) is 5.91 Å². The molecule has 0 aromatic heterocycles. The largest absolute Gasteiger partial charge is 0.445 e. The molecule has 3 atom stereocenters. The quantitative estimate of drug-likeness (QED) is 0.767. The maximum absolute atomic E-state index is 12.8. The van der Waals surface area contributed by atoms with E-state index in [1.165, 1.54) is 0 Å². The summed E-state index contributed by atoms with van der Waals surface area (Å²) in [5, 5.41) is 2.98. The maximum Gasteiger partial charge on any atom is 0.407 e. The first-order valence-corrected chi connectivity index (χ1v) is 9.97. The van der Waals surface area contributed by atoms with Gasteiger partial charge in [0, 0.05) is 6.54 Å². The molecule has 3 N–H and O–H groups in total. The molecule has 1 aromatic rings. The van der Waals surface area contributed by atoms with Crippen molar-refractivity contribution in [3.8, 4) is 0 Å². The predicted octanol–water partition coefficient (Wildman–Crippen LogP) is 3.06. The second-order valence-corrected chi connectivity index (χ2v) is 7.56. The number of nitrogens with zero attached hydrogens (tertiary/aromatic N) is 1. The monoisotopic (exact) mass is 375 g/mol. The average molecular weight is 376 g/mol. The van der Waals surface area contributed by atoms with Gasteiger partial charge in [0.15, 0.2) is 0 Å². The summed E-state index contributed by atoms with van der Waals surface area (Å²) < 4.78 is 5.36. The van der Waals surface area contributed by atoms with E-state index in [0.29, 0.717) is 6.54 Å². The summed E-state index contributed by atoms with van der Waals surface area (Å²) in [7, 11) is 0. The highest BCUT2D eigenvalue weighted by atomic mass is 16.5. The number of hydrogen-bond acceptors (Lipinski definition) is 4. The summed E-state index contributed by atoms with van der Waals surface area (Å²) in [6.45, 7) is 6.69. The zero-order valence-corrected chi connectivity index (χ0v) is 16.7. The van der Waals surface area contributed by atoms with E-state index >= 15 is 0 Å². The first kappa shape index (κ1) is 21.2. The van der Waals surface area contributed by atoms with Crippen molar-refractivity contribution in [2.75, 3.05) is 6.54 Å². The Kier molecular flexibility index (Phi) is 8.10. The molecule has 1 aliphatic carbocycles. The number of nitrogens with one attached hydrogen (secondary N) is 1. The lowest BCUT2D eigenvalue weighted by Gasteiger charge is -2.41.